The number of hydrogen-bond acceptors (Lipinski definition) is 6. The van der Waals surface area contributed by atoms with Gasteiger partial charge in [-0.15, -0.1) is 0 Å². The lowest BCUT2D eigenvalue weighted by Crippen LogP contribution is -2.13. The molecule has 3 heterocycles. The minimum absolute atomic E-state index is 0.0552. The zero-order valence-corrected chi connectivity index (χ0v) is 13.9. The van der Waals surface area contributed by atoms with Gasteiger partial charge < -0.3 is 0 Å². The molecule has 0 unspecified atom stereocenters. The number of para-hydroxylation sites is 1. The number of aromatic nitrogens is 4. The normalized spacial score (nSPS) is 11.5. The van der Waals surface area contributed by atoms with Crippen LogP contribution in [0.3, 0.4) is 0 Å². The molecule has 26 heavy (non-hydrogen) atoms. The molecule has 0 aliphatic heterocycles. The highest BCUT2D eigenvalue weighted by Crippen LogP contribution is 2.27. The number of rotatable bonds is 2. The van der Waals surface area contributed by atoms with Crippen molar-refractivity contribution >= 4 is 49.0 Å². The molecule has 5 aromatic rings. The van der Waals surface area contributed by atoms with E-state index in [0.717, 1.165) is 10.2 Å². The first-order valence-electron chi connectivity index (χ1n) is 7.66. The third-order valence-corrected chi connectivity index (χ3v) is 5.21. The second-order valence-corrected chi connectivity index (χ2v) is 6.73. The first-order chi connectivity index (χ1) is 12.6. The van der Waals surface area contributed by atoms with Crippen LogP contribution in [-0.2, 0) is 0 Å². The zero-order valence-electron chi connectivity index (χ0n) is 13.0. The van der Waals surface area contributed by atoms with Gasteiger partial charge in [0.2, 0.25) is 5.13 Å². The van der Waals surface area contributed by atoms with Gasteiger partial charge in [0.05, 0.1) is 31.6 Å². The van der Waals surface area contributed by atoms with E-state index in [2.05, 4.69) is 15.1 Å². The predicted octanol–water partition coefficient (Wildman–Crippen LogP) is 3.38. The van der Waals surface area contributed by atoms with E-state index in [1.165, 1.54) is 34.3 Å². The van der Waals surface area contributed by atoms with Crippen LogP contribution in [0.2, 0.25) is 0 Å². The van der Waals surface area contributed by atoms with E-state index >= 15 is 0 Å². The lowest BCUT2D eigenvalue weighted by Gasteiger charge is -1.98. The monoisotopic (exact) mass is 363 g/mol. The molecule has 0 saturated carbocycles. The van der Waals surface area contributed by atoms with Gasteiger partial charge in [-0.3, -0.25) is 25.0 Å². The van der Waals surface area contributed by atoms with E-state index in [4.69, 9.17) is 0 Å². The highest BCUT2D eigenvalue weighted by molar-refractivity contribution is 7.20. The average Bonchev–Trinajstić information content (AvgIpc) is 3.22. The fraction of sp³-hybridized carbons (Fsp3) is 0. The van der Waals surface area contributed by atoms with Gasteiger partial charge in [0.25, 0.3) is 11.2 Å². The van der Waals surface area contributed by atoms with Crippen molar-refractivity contribution in [1.82, 2.24) is 19.7 Å². The fourth-order valence-corrected chi connectivity index (χ4v) is 3.88. The molecule has 0 spiro atoms. The van der Waals surface area contributed by atoms with Gasteiger partial charge in [-0.1, -0.05) is 23.5 Å². The molecule has 0 amide bonds. The van der Waals surface area contributed by atoms with Crippen LogP contribution in [0.4, 0.5) is 5.69 Å². The maximum atomic E-state index is 12.8. The Bertz CT molecular complexity index is 1370. The summed E-state index contributed by atoms with van der Waals surface area (Å²) in [6.45, 7) is 0. The summed E-state index contributed by atoms with van der Waals surface area (Å²) in [5.41, 5.74) is 1.53. The minimum atomic E-state index is -0.471. The molecule has 9 heteroatoms. The number of nitrogens with one attached hydrogen (secondary N) is 1. The Kier molecular flexibility index (Phi) is 2.95. The Hall–Kier alpha value is -3.59. The van der Waals surface area contributed by atoms with Gasteiger partial charge in [0.15, 0.2) is 0 Å². The van der Waals surface area contributed by atoms with E-state index in [1.54, 1.807) is 6.07 Å². The van der Waals surface area contributed by atoms with E-state index in [1.807, 2.05) is 24.3 Å². The molecule has 0 fully saturated rings. The summed E-state index contributed by atoms with van der Waals surface area (Å²) < 4.78 is 2.32. The third kappa shape index (κ3) is 2.04. The number of hydrogen-bond donors (Lipinski definition) is 1. The number of aromatic amines is 1. The quantitative estimate of drug-likeness (QED) is 0.382. The number of pyridine rings is 1. The van der Waals surface area contributed by atoms with Crippen LogP contribution in [0.15, 0.2) is 53.5 Å². The van der Waals surface area contributed by atoms with Crippen LogP contribution >= 0.6 is 11.3 Å². The lowest BCUT2D eigenvalue weighted by molar-refractivity contribution is -0.384. The summed E-state index contributed by atoms with van der Waals surface area (Å²) in [5, 5.41) is 15.5. The number of thiazole rings is 1. The molecule has 126 valence electrons. The lowest BCUT2D eigenvalue weighted by atomic mass is 10.1. The molecule has 1 N–H and O–H groups in total. The molecular weight excluding hydrogens is 354 g/mol. The fourth-order valence-electron chi connectivity index (χ4n) is 2.95. The first kappa shape index (κ1) is 14.7. The summed E-state index contributed by atoms with van der Waals surface area (Å²) in [4.78, 5) is 32.1. The first-order valence-corrected chi connectivity index (χ1v) is 8.47. The van der Waals surface area contributed by atoms with Gasteiger partial charge in [-0.2, -0.15) is 4.68 Å². The van der Waals surface area contributed by atoms with Gasteiger partial charge in [-0.25, -0.2) is 4.98 Å². The molecular formula is C17H9N5O3S. The molecule has 8 nitrogen and oxygen atoms in total. The van der Waals surface area contributed by atoms with Crippen molar-refractivity contribution in [2.45, 2.75) is 0 Å². The Morgan fingerprint density at radius 1 is 1.12 bits per heavy atom. The van der Waals surface area contributed by atoms with Crippen LogP contribution in [0.25, 0.3) is 37.2 Å². The van der Waals surface area contributed by atoms with Crippen molar-refractivity contribution in [2.24, 2.45) is 0 Å². The van der Waals surface area contributed by atoms with Gasteiger partial charge in [0.1, 0.15) is 0 Å². The van der Waals surface area contributed by atoms with Crippen LogP contribution in [0, 0.1) is 10.1 Å². The summed E-state index contributed by atoms with van der Waals surface area (Å²) >= 11 is 1.39. The molecule has 0 saturated heterocycles. The Labute approximate surface area is 148 Å². The second kappa shape index (κ2) is 5.20. The standard InChI is InChI=1S/C17H9N5O3S/c23-16-11-8-18-12-6-5-9(22(24)25)7-10(12)15(11)20-21(16)17-19-13-3-1-2-4-14(13)26-17/h1-8,20H. The summed E-state index contributed by atoms with van der Waals surface area (Å²) in [6.07, 6.45) is 1.48. The van der Waals surface area contributed by atoms with E-state index in [9.17, 15) is 14.9 Å². The number of nitro benzene ring substituents is 1. The van der Waals surface area contributed by atoms with Crippen molar-refractivity contribution in [3.63, 3.8) is 0 Å². The molecule has 0 aliphatic rings. The molecule has 0 bridgehead atoms. The molecule has 3 aromatic heterocycles. The number of benzene rings is 2. The minimum Gasteiger partial charge on any atom is -0.287 e. The number of H-pyrrole nitrogens is 1. The Balaban J connectivity index is 1.83. The smallest absolute Gasteiger partial charge is 0.282 e. The van der Waals surface area contributed by atoms with Crippen molar-refractivity contribution in [3.05, 3.63) is 69.1 Å². The van der Waals surface area contributed by atoms with Crippen molar-refractivity contribution in [1.29, 1.82) is 0 Å². The average molecular weight is 363 g/mol. The maximum absolute atomic E-state index is 12.8. The second-order valence-electron chi connectivity index (χ2n) is 5.72. The Morgan fingerprint density at radius 3 is 2.77 bits per heavy atom. The highest BCUT2D eigenvalue weighted by Gasteiger charge is 2.16. The van der Waals surface area contributed by atoms with Crippen molar-refractivity contribution in [2.75, 3.05) is 0 Å². The Morgan fingerprint density at radius 2 is 1.96 bits per heavy atom. The maximum Gasteiger partial charge on any atom is 0.282 e. The van der Waals surface area contributed by atoms with E-state index in [0.29, 0.717) is 26.9 Å². The largest absolute Gasteiger partial charge is 0.287 e. The molecule has 0 radical (unpaired) electrons. The number of nitrogens with zero attached hydrogens (tertiary/aromatic N) is 4. The topological polar surface area (TPSA) is 107 Å². The number of fused-ring (bicyclic) bond motifs is 4. The number of nitro groups is 1. The molecule has 0 atom stereocenters. The summed E-state index contributed by atoms with van der Waals surface area (Å²) in [6, 6.07) is 12.0. The van der Waals surface area contributed by atoms with E-state index < -0.39 is 4.92 Å². The van der Waals surface area contributed by atoms with E-state index in [-0.39, 0.29) is 11.2 Å². The molecule has 5 rings (SSSR count). The highest BCUT2D eigenvalue weighted by atomic mass is 32.1. The van der Waals surface area contributed by atoms with Crippen LogP contribution in [-0.4, -0.2) is 24.7 Å². The van der Waals surface area contributed by atoms with Crippen molar-refractivity contribution < 1.29 is 4.92 Å². The predicted molar refractivity (Wildman–Crippen MR) is 99.0 cm³/mol. The van der Waals surface area contributed by atoms with Gasteiger partial charge in [0, 0.05) is 23.7 Å². The van der Waals surface area contributed by atoms with Crippen molar-refractivity contribution in [3.8, 4) is 5.13 Å². The van der Waals surface area contributed by atoms with Crippen LogP contribution in [0.1, 0.15) is 0 Å². The summed E-state index contributed by atoms with van der Waals surface area (Å²) in [5.74, 6) is 0. The summed E-state index contributed by atoms with van der Waals surface area (Å²) in [7, 11) is 0. The van der Waals surface area contributed by atoms with Crippen LogP contribution < -0.4 is 5.56 Å². The van der Waals surface area contributed by atoms with Gasteiger partial charge >= 0.3 is 0 Å². The third-order valence-electron chi connectivity index (χ3n) is 4.19. The zero-order chi connectivity index (χ0) is 17.8. The molecule has 0 aliphatic carbocycles. The van der Waals surface area contributed by atoms with Crippen LogP contribution in [0.5, 0.6) is 0 Å². The molecule has 2 aromatic carbocycles. The SMILES string of the molecule is O=c1c2cnc3ccc([N+](=O)[O-])cc3c2[nH]n1-c1nc2ccccc2s1. The van der Waals surface area contributed by atoms with Gasteiger partial charge in [-0.05, 0) is 18.2 Å². The number of non-ortho nitro benzene ring substituents is 1.